The molecule has 2 aromatic carbocycles. The molecule has 0 spiro atoms. The molecular formula is C23H25N3O4S2. The molecular weight excluding hydrogens is 446 g/mol. The van der Waals surface area contributed by atoms with E-state index in [0.717, 1.165) is 16.0 Å². The molecule has 0 saturated carbocycles. The van der Waals surface area contributed by atoms with Gasteiger partial charge in [-0.1, -0.05) is 31.1 Å². The van der Waals surface area contributed by atoms with Gasteiger partial charge in [0.05, 0.1) is 28.3 Å². The van der Waals surface area contributed by atoms with Crippen LogP contribution in [0.3, 0.4) is 0 Å². The Morgan fingerprint density at radius 2 is 1.84 bits per heavy atom. The lowest BCUT2D eigenvalue weighted by atomic mass is 10.2. The zero-order valence-corrected chi connectivity index (χ0v) is 19.9. The first-order valence-corrected chi connectivity index (χ1v) is 12.5. The number of aromatic nitrogens is 1. The van der Waals surface area contributed by atoms with Crippen LogP contribution in [-0.4, -0.2) is 42.9 Å². The highest BCUT2D eigenvalue weighted by Gasteiger charge is 2.21. The van der Waals surface area contributed by atoms with Crippen LogP contribution in [0.25, 0.3) is 10.2 Å². The fraction of sp³-hybridized carbons (Fsp3) is 0.304. The second-order valence-corrected chi connectivity index (χ2v) is 9.72. The van der Waals surface area contributed by atoms with Crippen LogP contribution in [0.2, 0.25) is 0 Å². The first kappa shape index (κ1) is 23.7. The topological polar surface area (TPSA) is 81.0 Å². The van der Waals surface area contributed by atoms with Crippen molar-refractivity contribution in [3.05, 3.63) is 52.8 Å². The minimum atomic E-state index is -3.59. The Labute approximate surface area is 192 Å². The summed E-state index contributed by atoms with van der Waals surface area (Å²) in [5.74, 6) is 2.86. The minimum absolute atomic E-state index is 0.144. The van der Waals surface area contributed by atoms with Gasteiger partial charge in [0.1, 0.15) is 5.75 Å². The van der Waals surface area contributed by atoms with E-state index in [-0.39, 0.29) is 11.4 Å². The molecule has 0 N–H and O–H groups in total. The molecule has 7 nitrogen and oxygen atoms in total. The van der Waals surface area contributed by atoms with Crippen LogP contribution in [0.5, 0.6) is 5.75 Å². The average molecular weight is 472 g/mol. The van der Waals surface area contributed by atoms with Crippen LogP contribution in [0, 0.1) is 12.3 Å². The van der Waals surface area contributed by atoms with Gasteiger partial charge in [0.2, 0.25) is 10.0 Å². The zero-order valence-electron chi connectivity index (χ0n) is 18.2. The molecule has 0 aliphatic rings. The van der Waals surface area contributed by atoms with Gasteiger partial charge in [-0.3, -0.25) is 4.79 Å². The molecule has 3 rings (SSSR count). The van der Waals surface area contributed by atoms with Crippen LogP contribution in [0.1, 0.15) is 31.1 Å². The van der Waals surface area contributed by atoms with Crippen LogP contribution in [0.4, 0.5) is 0 Å². The molecule has 3 aromatic rings. The van der Waals surface area contributed by atoms with Gasteiger partial charge in [-0.05, 0) is 49.4 Å². The fourth-order valence-electron chi connectivity index (χ4n) is 3.27. The number of ether oxygens (including phenoxy) is 1. The predicted molar refractivity (Wildman–Crippen MR) is 126 cm³/mol. The van der Waals surface area contributed by atoms with Crippen LogP contribution in [-0.2, 0) is 16.6 Å². The van der Waals surface area contributed by atoms with E-state index in [1.54, 1.807) is 18.4 Å². The number of amides is 1. The predicted octanol–water partition coefficient (Wildman–Crippen LogP) is 3.51. The number of hydrogen-bond donors (Lipinski definition) is 0. The van der Waals surface area contributed by atoms with Crippen molar-refractivity contribution in [1.29, 1.82) is 0 Å². The van der Waals surface area contributed by atoms with Gasteiger partial charge in [0.15, 0.2) is 4.80 Å². The number of rotatable bonds is 8. The molecule has 0 aliphatic heterocycles. The van der Waals surface area contributed by atoms with Crippen molar-refractivity contribution in [3.63, 3.8) is 0 Å². The molecule has 1 amide bonds. The Morgan fingerprint density at radius 1 is 1.16 bits per heavy atom. The van der Waals surface area contributed by atoms with E-state index in [1.165, 1.54) is 39.9 Å². The lowest BCUT2D eigenvalue weighted by Gasteiger charge is -2.18. The van der Waals surface area contributed by atoms with E-state index in [9.17, 15) is 13.2 Å². The number of terminal acetylenes is 1. The summed E-state index contributed by atoms with van der Waals surface area (Å²) in [5, 5.41) is 0. The number of carbonyl (C=O) groups excluding carboxylic acids is 1. The third kappa shape index (κ3) is 4.78. The summed E-state index contributed by atoms with van der Waals surface area (Å²) in [6.07, 6.45) is 5.53. The minimum Gasteiger partial charge on any atom is -0.494 e. The molecule has 1 aromatic heterocycles. The number of benzene rings is 2. The molecule has 0 radical (unpaired) electrons. The van der Waals surface area contributed by atoms with Crippen molar-refractivity contribution in [2.75, 3.05) is 19.7 Å². The monoisotopic (exact) mass is 471 g/mol. The summed E-state index contributed by atoms with van der Waals surface area (Å²) >= 11 is 1.34. The number of sulfonamides is 1. The van der Waals surface area contributed by atoms with Crippen molar-refractivity contribution in [3.8, 4) is 18.1 Å². The first-order valence-electron chi connectivity index (χ1n) is 10.2. The Bertz CT molecular complexity index is 1330. The van der Waals surface area contributed by atoms with Gasteiger partial charge in [-0.25, -0.2) is 8.42 Å². The first-order chi connectivity index (χ1) is 15.3. The maximum atomic E-state index is 12.8. The van der Waals surface area contributed by atoms with E-state index in [1.807, 2.05) is 25.1 Å². The van der Waals surface area contributed by atoms with E-state index >= 15 is 0 Å². The molecule has 0 saturated heterocycles. The highest BCUT2D eigenvalue weighted by atomic mass is 32.2. The zero-order chi connectivity index (χ0) is 23.3. The lowest BCUT2D eigenvalue weighted by molar-refractivity contribution is 0.0998. The van der Waals surface area contributed by atoms with Crippen molar-refractivity contribution in [2.24, 2.45) is 4.99 Å². The number of hydrogen-bond acceptors (Lipinski definition) is 5. The molecule has 0 fully saturated rings. The summed E-state index contributed by atoms with van der Waals surface area (Å²) in [6.45, 7) is 7.05. The SMILES string of the molecule is C#CCn1c(=NC(=O)c2ccc(S(=O)(=O)N(CC)CC)cc2)sc2cc(OCC)ccc21. The Hall–Kier alpha value is -2.93. The van der Waals surface area contributed by atoms with E-state index in [0.29, 0.717) is 30.1 Å². The van der Waals surface area contributed by atoms with Crippen LogP contribution >= 0.6 is 11.3 Å². The summed E-state index contributed by atoms with van der Waals surface area (Å²) in [6, 6.07) is 11.5. The maximum Gasteiger partial charge on any atom is 0.279 e. The van der Waals surface area contributed by atoms with Gasteiger partial charge in [-0.2, -0.15) is 9.30 Å². The molecule has 0 aliphatic carbocycles. The highest BCUT2D eigenvalue weighted by molar-refractivity contribution is 7.89. The van der Waals surface area contributed by atoms with E-state index in [2.05, 4.69) is 10.9 Å². The number of fused-ring (bicyclic) bond motifs is 1. The summed E-state index contributed by atoms with van der Waals surface area (Å²) in [5.41, 5.74) is 1.16. The van der Waals surface area contributed by atoms with Gasteiger partial charge in [-0.15, -0.1) is 6.42 Å². The van der Waals surface area contributed by atoms with Gasteiger partial charge in [0, 0.05) is 18.7 Å². The maximum absolute atomic E-state index is 12.8. The molecule has 1 heterocycles. The lowest BCUT2D eigenvalue weighted by Crippen LogP contribution is -2.30. The summed E-state index contributed by atoms with van der Waals surface area (Å²) in [7, 11) is -3.59. The molecule has 0 bridgehead atoms. The molecule has 0 atom stereocenters. The standard InChI is InChI=1S/C23H25N3O4S2/c1-5-15-26-20-14-11-18(30-8-4)16-21(20)31-23(26)24-22(27)17-9-12-19(13-10-17)32(28,29)25(6-2)7-3/h1,9-14,16H,6-8,15H2,2-4H3. The number of nitrogens with zero attached hydrogens (tertiary/aromatic N) is 3. The van der Waals surface area contributed by atoms with Crippen LogP contribution in [0.15, 0.2) is 52.4 Å². The Balaban J connectivity index is 1.99. The number of carbonyl (C=O) groups is 1. The quantitative estimate of drug-likeness (QED) is 0.471. The van der Waals surface area contributed by atoms with Crippen molar-refractivity contribution in [2.45, 2.75) is 32.2 Å². The smallest absolute Gasteiger partial charge is 0.279 e. The van der Waals surface area contributed by atoms with Gasteiger partial charge in [0.25, 0.3) is 5.91 Å². The molecule has 0 unspecified atom stereocenters. The second kappa shape index (κ2) is 10.1. The van der Waals surface area contributed by atoms with Crippen molar-refractivity contribution < 1.29 is 17.9 Å². The third-order valence-corrected chi connectivity index (χ3v) is 7.96. The largest absolute Gasteiger partial charge is 0.494 e. The van der Waals surface area contributed by atoms with Gasteiger partial charge < -0.3 is 9.30 Å². The highest BCUT2D eigenvalue weighted by Crippen LogP contribution is 2.23. The molecule has 9 heteroatoms. The normalized spacial score (nSPS) is 12.3. The van der Waals surface area contributed by atoms with Crippen LogP contribution < -0.4 is 9.54 Å². The Morgan fingerprint density at radius 3 is 2.44 bits per heavy atom. The summed E-state index contributed by atoms with van der Waals surface area (Å²) < 4.78 is 34.9. The fourth-order valence-corrected chi connectivity index (χ4v) is 5.79. The van der Waals surface area contributed by atoms with Gasteiger partial charge >= 0.3 is 0 Å². The van der Waals surface area contributed by atoms with E-state index in [4.69, 9.17) is 11.2 Å². The van der Waals surface area contributed by atoms with Crippen molar-refractivity contribution >= 4 is 37.5 Å². The molecule has 32 heavy (non-hydrogen) atoms. The Kier molecular flexibility index (Phi) is 7.51. The molecule has 168 valence electrons. The average Bonchev–Trinajstić information content (AvgIpc) is 3.11. The summed E-state index contributed by atoms with van der Waals surface area (Å²) in [4.78, 5) is 17.7. The number of thiazole rings is 1. The van der Waals surface area contributed by atoms with Crippen molar-refractivity contribution in [1.82, 2.24) is 8.87 Å². The second-order valence-electron chi connectivity index (χ2n) is 6.77. The van der Waals surface area contributed by atoms with E-state index < -0.39 is 15.9 Å². The third-order valence-electron chi connectivity index (χ3n) is 4.86.